The fourth-order valence-electron chi connectivity index (χ4n) is 5.18. The van der Waals surface area contributed by atoms with Gasteiger partial charge in [0.15, 0.2) is 23.0 Å². The molecule has 0 unspecified atom stereocenters. The standard InChI is InChI=1S/C22H24O8/c1-25-18-4-11(5-19(26-2)21(18)27-3)22-14-7-17-16(28-10-29-17)6-12(14)20(30-22)13(8-23)15(22)9-24/h4-7,13,15,20,23-24H,8-10H2,1-3H3/t13-,15+,20-,22+/m0/s1. The SMILES string of the molecule is COc1cc([C@@]23O[C@@H](c4cc5c(cc42)OCO5)[C@@H](CO)[C@H]3CO)cc(OC)c1OC. The monoisotopic (exact) mass is 416 g/mol. The van der Waals surface area contributed by atoms with Crippen molar-refractivity contribution in [1.82, 2.24) is 0 Å². The highest BCUT2D eigenvalue weighted by Crippen LogP contribution is 2.65. The molecular formula is C22H24O8. The number of benzene rings is 2. The summed E-state index contributed by atoms with van der Waals surface area (Å²) in [5, 5.41) is 20.5. The van der Waals surface area contributed by atoms with Crippen LogP contribution in [-0.2, 0) is 10.3 Å². The Balaban J connectivity index is 1.78. The topological polar surface area (TPSA) is 95.8 Å². The van der Waals surface area contributed by atoms with E-state index >= 15 is 0 Å². The first-order valence-corrected chi connectivity index (χ1v) is 9.76. The van der Waals surface area contributed by atoms with Gasteiger partial charge in [-0.2, -0.15) is 0 Å². The first-order valence-electron chi connectivity index (χ1n) is 9.76. The summed E-state index contributed by atoms with van der Waals surface area (Å²) in [4.78, 5) is 0. The summed E-state index contributed by atoms with van der Waals surface area (Å²) in [6.07, 6.45) is -0.379. The molecule has 8 heteroatoms. The highest BCUT2D eigenvalue weighted by molar-refractivity contribution is 5.62. The van der Waals surface area contributed by atoms with Gasteiger partial charge in [-0.3, -0.25) is 0 Å². The molecule has 160 valence electrons. The van der Waals surface area contributed by atoms with Gasteiger partial charge in [0.05, 0.1) is 27.4 Å². The lowest BCUT2D eigenvalue weighted by Crippen LogP contribution is -2.40. The number of aliphatic hydroxyl groups is 2. The summed E-state index contributed by atoms with van der Waals surface area (Å²) >= 11 is 0. The van der Waals surface area contributed by atoms with E-state index in [1.807, 2.05) is 24.3 Å². The van der Waals surface area contributed by atoms with E-state index in [-0.39, 0.29) is 37.9 Å². The van der Waals surface area contributed by atoms with Crippen LogP contribution in [0.2, 0.25) is 0 Å². The van der Waals surface area contributed by atoms with Gasteiger partial charge in [0, 0.05) is 25.0 Å². The molecule has 2 N–H and O–H groups in total. The first-order chi connectivity index (χ1) is 14.6. The van der Waals surface area contributed by atoms with E-state index in [0.717, 1.165) is 16.7 Å². The number of ether oxygens (including phenoxy) is 6. The van der Waals surface area contributed by atoms with Crippen LogP contribution in [0.15, 0.2) is 24.3 Å². The third kappa shape index (κ3) is 2.32. The molecule has 3 heterocycles. The Labute approximate surface area is 173 Å². The molecule has 4 atom stereocenters. The number of methoxy groups -OCH3 is 3. The Morgan fingerprint density at radius 3 is 2.17 bits per heavy atom. The van der Waals surface area contributed by atoms with Crippen molar-refractivity contribution in [2.45, 2.75) is 11.7 Å². The largest absolute Gasteiger partial charge is 0.493 e. The van der Waals surface area contributed by atoms with Crippen molar-refractivity contribution in [2.24, 2.45) is 11.8 Å². The number of fused-ring (bicyclic) bond motifs is 6. The maximum absolute atomic E-state index is 10.4. The molecule has 5 rings (SSSR count). The Bertz CT molecular complexity index is 964. The first kappa shape index (κ1) is 19.3. The molecule has 3 aliphatic rings. The van der Waals surface area contributed by atoms with Crippen LogP contribution in [0.4, 0.5) is 0 Å². The number of aliphatic hydroxyl groups excluding tert-OH is 2. The second-order valence-electron chi connectivity index (χ2n) is 7.62. The predicted octanol–water partition coefficient (Wildman–Crippen LogP) is 1.99. The minimum atomic E-state index is -1.00. The van der Waals surface area contributed by atoms with E-state index in [0.29, 0.717) is 28.7 Å². The van der Waals surface area contributed by atoms with Crippen molar-refractivity contribution in [1.29, 1.82) is 0 Å². The smallest absolute Gasteiger partial charge is 0.231 e. The van der Waals surface area contributed by atoms with Crippen molar-refractivity contribution in [3.63, 3.8) is 0 Å². The van der Waals surface area contributed by atoms with Crippen LogP contribution in [0.3, 0.4) is 0 Å². The highest BCUT2D eigenvalue weighted by Gasteiger charge is 2.63. The molecule has 8 nitrogen and oxygen atoms in total. The minimum absolute atomic E-state index is 0.115. The average molecular weight is 416 g/mol. The van der Waals surface area contributed by atoms with Gasteiger partial charge >= 0.3 is 0 Å². The lowest BCUT2D eigenvalue weighted by Gasteiger charge is -2.37. The quantitative estimate of drug-likeness (QED) is 0.738. The molecule has 30 heavy (non-hydrogen) atoms. The molecule has 2 aromatic carbocycles. The van der Waals surface area contributed by atoms with Crippen LogP contribution in [0.25, 0.3) is 0 Å². The Morgan fingerprint density at radius 1 is 0.933 bits per heavy atom. The van der Waals surface area contributed by atoms with Gasteiger partial charge in [-0.05, 0) is 41.0 Å². The van der Waals surface area contributed by atoms with Gasteiger partial charge in [0.1, 0.15) is 5.60 Å². The third-order valence-electron chi connectivity index (χ3n) is 6.49. The zero-order chi connectivity index (χ0) is 21.0. The van der Waals surface area contributed by atoms with Crippen LogP contribution < -0.4 is 23.7 Å². The molecule has 2 aromatic rings. The Morgan fingerprint density at radius 2 is 1.60 bits per heavy atom. The van der Waals surface area contributed by atoms with Gasteiger partial charge in [-0.25, -0.2) is 0 Å². The van der Waals surface area contributed by atoms with Gasteiger partial charge < -0.3 is 38.6 Å². The molecule has 1 fully saturated rings. The molecule has 2 bridgehead atoms. The summed E-state index contributed by atoms with van der Waals surface area (Å²) in [7, 11) is 4.65. The zero-order valence-corrected chi connectivity index (χ0v) is 17.0. The average Bonchev–Trinajstić information content (AvgIpc) is 3.46. The molecule has 0 aromatic heterocycles. The summed E-state index contributed by atoms with van der Waals surface area (Å²) in [6, 6.07) is 7.50. The van der Waals surface area contributed by atoms with Crippen molar-refractivity contribution >= 4 is 0 Å². The Kier molecular flexibility index (Phi) is 4.46. The van der Waals surface area contributed by atoms with E-state index in [2.05, 4.69) is 0 Å². The van der Waals surface area contributed by atoms with E-state index < -0.39 is 5.60 Å². The molecular weight excluding hydrogens is 392 g/mol. The van der Waals surface area contributed by atoms with E-state index in [9.17, 15) is 10.2 Å². The van der Waals surface area contributed by atoms with E-state index in [4.69, 9.17) is 28.4 Å². The van der Waals surface area contributed by atoms with Crippen molar-refractivity contribution in [2.75, 3.05) is 41.3 Å². The van der Waals surface area contributed by atoms with Gasteiger partial charge in [0.2, 0.25) is 12.5 Å². The summed E-state index contributed by atoms with van der Waals surface area (Å²) in [6.45, 7) is -0.115. The molecule has 0 radical (unpaired) electrons. The highest BCUT2D eigenvalue weighted by atomic mass is 16.7. The fraction of sp³-hybridized carbons (Fsp3) is 0.455. The minimum Gasteiger partial charge on any atom is -0.493 e. The summed E-state index contributed by atoms with van der Waals surface area (Å²) in [5.74, 6) is 2.08. The van der Waals surface area contributed by atoms with Crippen molar-refractivity contribution < 1.29 is 38.6 Å². The van der Waals surface area contributed by atoms with Crippen LogP contribution in [-0.4, -0.2) is 51.5 Å². The molecule has 0 spiro atoms. The van der Waals surface area contributed by atoms with Crippen LogP contribution in [0.5, 0.6) is 28.7 Å². The molecule has 1 saturated heterocycles. The second-order valence-corrected chi connectivity index (χ2v) is 7.62. The summed E-state index contributed by atoms with van der Waals surface area (Å²) in [5.41, 5.74) is 1.55. The molecule has 0 aliphatic carbocycles. The molecule has 0 saturated carbocycles. The fourth-order valence-corrected chi connectivity index (χ4v) is 5.18. The normalized spacial score (nSPS) is 27.8. The number of rotatable bonds is 6. The number of hydrogen-bond donors (Lipinski definition) is 2. The Hall–Kier alpha value is -2.68. The van der Waals surface area contributed by atoms with Crippen LogP contribution in [0.1, 0.15) is 22.8 Å². The van der Waals surface area contributed by atoms with Gasteiger partial charge in [-0.1, -0.05) is 0 Å². The van der Waals surface area contributed by atoms with Crippen molar-refractivity contribution in [3.05, 3.63) is 41.0 Å². The molecule has 0 amide bonds. The zero-order valence-electron chi connectivity index (χ0n) is 17.0. The van der Waals surface area contributed by atoms with Crippen molar-refractivity contribution in [3.8, 4) is 28.7 Å². The summed E-state index contributed by atoms with van der Waals surface area (Å²) < 4.78 is 34.3. The van der Waals surface area contributed by atoms with E-state index in [1.165, 1.54) is 0 Å². The lowest BCUT2D eigenvalue weighted by molar-refractivity contribution is -0.0195. The maximum Gasteiger partial charge on any atom is 0.231 e. The predicted molar refractivity (Wildman–Crippen MR) is 104 cm³/mol. The lowest BCUT2D eigenvalue weighted by atomic mass is 9.66. The van der Waals surface area contributed by atoms with Gasteiger partial charge in [0.25, 0.3) is 0 Å². The van der Waals surface area contributed by atoms with Gasteiger partial charge in [-0.15, -0.1) is 0 Å². The third-order valence-corrected chi connectivity index (χ3v) is 6.49. The second kappa shape index (κ2) is 6.94. The van der Waals surface area contributed by atoms with Crippen LogP contribution in [0, 0.1) is 11.8 Å². The van der Waals surface area contributed by atoms with E-state index in [1.54, 1.807) is 21.3 Å². The van der Waals surface area contributed by atoms with Crippen LogP contribution >= 0.6 is 0 Å². The molecule has 3 aliphatic heterocycles. The number of hydrogen-bond acceptors (Lipinski definition) is 8. The maximum atomic E-state index is 10.4.